The number of urea groups is 1. The zero-order valence-corrected chi connectivity index (χ0v) is 9.87. The molecule has 4 heteroatoms. The molecule has 0 aliphatic heterocycles. The maximum atomic E-state index is 12.7. The predicted octanol–water partition coefficient (Wildman–Crippen LogP) is 3.14. The van der Waals surface area contributed by atoms with Crippen LogP contribution in [-0.4, -0.2) is 12.1 Å². The Labute approximate surface area is 100 Å². The molecule has 0 radical (unpaired) electrons. The summed E-state index contributed by atoms with van der Waals surface area (Å²) < 4.78 is 12.7. The summed E-state index contributed by atoms with van der Waals surface area (Å²) in [5, 5.41) is 5.62. The minimum atomic E-state index is -0.305. The van der Waals surface area contributed by atoms with Gasteiger partial charge < -0.3 is 10.6 Å². The molecule has 1 aromatic carbocycles. The fourth-order valence-corrected chi connectivity index (χ4v) is 2.22. The van der Waals surface area contributed by atoms with E-state index < -0.39 is 0 Å². The van der Waals surface area contributed by atoms with Crippen molar-refractivity contribution in [2.45, 2.75) is 32.2 Å². The summed E-state index contributed by atoms with van der Waals surface area (Å²) in [4.78, 5) is 11.6. The summed E-state index contributed by atoms with van der Waals surface area (Å²) in [6.45, 7) is 2.19. The van der Waals surface area contributed by atoms with E-state index in [4.69, 9.17) is 0 Å². The highest BCUT2D eigenvalue weighted by Gasteiger charge is 2.22. The van der Waals surface area contributed by atoms with Gasteiger partial charge in [-0.15, -0.1) is 0 Å². The molecule has 1 saturated carbocycles. The van der Waals surface area contributed by atoms with Gasteiger partial charge >= 0.3 is 6.03 Å². The van der Waals surface area contributed by atoms with Gasteiger partial charge in [-0.2, -0.15) is 0 Å². The monoisotopic (exact) mass is 236 g/mol. The Balaban J connectivity index is 1.83. The molecule has 0 bridgehead atoms. The van der Waals surface area contributed by atoms with Gasteiger partial charge in [0, 0.05) is 11.7 Å². The van der Waals surface area contributed by atoms with Crippen molar-refractivity contribution < 1.29 is 9.18 Å². The lowest BCUT2D eigenvalue weighted by molar-refractivity contribution is 0.248. The highest BCUT2D eigenvalue weighted by atomic mass is 19.1. The van der Waals surface area contributed by atoms with E-state index in [0.29, 0.717) is 11.6 Å². The first-order valence-electron chi connectivity index (χ1n) is 5.96. The summed E-state index contributed by atoms with van der Waals surface area (Å²) in [6, 6.07) is 5.81. The molecule has 92 valence electrons. The molecule has 2 amide bonds. The molecule has 2 N–H and O–H groups in total. The van der Waals surface area contributed by atoms with Gasteiger partial charge in [0.25, 0.3) is 0 Å². The molecule has 2 unspecified atom stereocenters. The highest BCUT2D eigenvalue weighted by molar-refractivity contribution is 5.89. The third-order valence-corrected chi connectivity index (χ3v) is 3.13. The SMILES string of the molecule is CC1CCC(NC(=O)Nc2ccc(F)cc2)C1. The number of hydrogen-bond donors (Lipinski definition) is 2. The van der Waals surface area contributed by atoms with Crippen molar-refractivity contribution in [1.29, 1.82) is 0 Å². The van der Waals surface area contributed by atoms with Crippen LogP contribution in [0.4, 0.5) is 14.9 Å². The molecule has 2 atom stereocenters. The van der Waals surface area contributed by atoms with Crippen LogP contribution >= 0.6 is 0 Å². The number of benzene rings is 1. The number of carbonyl (C=O) groups is 1. The minimum absolute atomic E-state index is 0.212. The number of carbonyl (C=O) groups excluding carboxylic acids is 1. The average molecular weight is 236 g/mol. The lowest BCUT2D eigenvalue weighted by Gasteiger charge is -2.13. The van der Waals surface area contributed by atoms with Crippen LogP contribution in [0.2, 0.25) is 0 Å². The highest BCUT2D eigenvalue weighted by Crippen LogP contribution is 2.24. The van der Waals surface area contributed by atoms with Crippen LogP contribution < -0.4 is 10.6 Å². The predicted molar refractivity (Wildman–Crippen MR) is 65.4 cm³/mol. The van der Waals surface area contributed by atoms with Crippen LogP contribution in [-0.2, 0) is 0 Å². The molecule has 17 heavy (non-hydrogen) atoms. The molecule has 3 nitrogen and oxygen atoms in total. The maximum Gasteiger partial charge on any atom is 0.319 e. The normalized spacial score (nSPS) is 23.4. The average Bonchev–Trinajstić information content (AvgIpc) is 2.67. The molecule has 0 heterocycles. The van der Waals surface area contributed by atoms with Crippen molar-refractivity contribution in [2.24, 2.45) is 5.92 Å². The van der Waals surface area contributed by atoms with Crippen molar-refractivity contribution >= 4 is 11.7 Å². The molecule has 1 aliphatic carbocycles. The minimum Gasteiger partial charge on any atom is -0.335 e. The Bertz CT molecular complexity index is 391. The largest absolute Gasteiger partial charge is 0.335 e. The smallest absolute Gasteiger partial charge is 0.319 e. The fourth-order valence-electron chi connectivity index (χ4n) is 2.22. The fraction of sp³-hybridized carbons (Fsp3) is 0.462. The molecule has 1 aromatic rings. The quantitative estimate of drug-likeness (QED) is 0.813. The third-order valence-electron chi connectivity index (χ3n) is 3.13. The van der Waals surface area contributed by atoms with Crippen molar-refractivity contribution in [3.8, 4) is 0 Å². The summed E-state index contributed by atoms with van der Waals surface area (Å²) in [5.74, 6) is 0.381. The second-order valence-corrected chi connectivity index (χ2v) is 4.72. The van der Waals surface area contributed by atoms with Crippen LogP contribution in [0.3, 0.4) is 0 Å². The maximum absolute atomic E-state index is 12.7. The van der Waals surface area contributed by atoms with E-state index in [9.17, 15) is 9.18 Å². The Morgan fingerprint density at radius 2 is 2.00 bits per heavy atom. The Morgan fingerprint density at radius 1 is 1.29 bits per heavy atom. The van der Waals surface area contributed by atoms with Crippen molar-refractivity contribution in [1.82, 2.24) is 5.32 Å². The number of halogens is 1. The number of hydrogen-bond acceptors (Lipinski definition) is 1. The van der Waals surface area contributed by atoms with Gasteiger partial charge in [-0.25, -0.2) is 9.18 Å². The zero-order chi connectivity index (χ0) is 12.3. The van der Waals surface area contributed by atoms with Crippen molar-refractivity contribution in [3.63, 3.8) is 0 Å². The van der Waals surface area contributed by atoms with Gasteiger partial charge in [-0.3, -0.25) is 0 Å². The topological polar surface area (TPSA) is 41.1 Å². The van der Waals surface area contributed by atoms with Crippen molar-refractivity contribution in [2.75, 3.05) is 5.32 Å². The van der Waals surface area contributed by atoms with Gasteiger partial charge in [-0.05, 0) is 49.4 Å². The van der Waals surface area contributed by atoms with E-state index in [2.05, 4.69) is 17.6 Å². The Morgan fingerprint density at radius 3 is 2.59 bits per heavy atom. The third kappa shape index (κ3) is 3.44. The molecular formula is C13H17FN2O. The lowest BCUT2D eigenvalue weighted by Crippen LogP contribution is -2.36. The second-order valence-electron chi connectivity index (χ2n) is 4.72. The summed E-state index contributed by atoms with van der Waals surface area (Å²) in [7, 11) is 0. The lowest BCUT2D eigenvalue weighted by atomic mass is 10.1. The number of anilines is 1. The van der Waals surface area contributed by atoms with Gasteiger partial charge in [0.1, 0.15) is 5.82 Å². The van der Waals surface area contributed by atoms with E-state index in [1.165, 1.54) is 18.6 Å². The van der Waals surface area contributed by atoms with E-state index in [0.717, 1.165) is 12.8 Å². The van der Waals surface area contributed by atoms with E-state index >= 15 is 0 Å². The van der Waals surface area contributed by atoms with Gasteiger partial charge in [0.15, 0.2) is 0 Å². The molecule has 1 fully saturated rings. The van der Waals surface area contributed by atoms with Crippen LogP contribution in [0.25, 0.3) is 0 Å². The first kappa shape index (κ1) is 11.9. The first-order chi connectivity index (χ1) is 8.13. The standard InChI is InChI=1S/C13H17FN2O/c1-9-2-5-12(8-9)16-13(17)15-11-6-3-10(14)4-7-11/h3-4,6-7,9,12H,2,5,8H2,1H3,(H2,15,16,17). The molecule has 1 aliphatic rings. The van der Waals surface area contributed by atoms with E-state index in [1.807, 2.05) is 0 Å². The number of amides is 2. The van der Waals surface area contributed by atoms with Gasteiger partial charge in [-0.1, -0.05) is 6.92 Å². The summed E-state index contributed by atoms with van der Waals surface area (Å²) in [5.41, 5.74) is 0.606. The number of nitrogens with one attached hydrogen (secondary N) is 2. The Kier molecular flexibility index (Phi) is 3.61. The van der Waals surface area contributed by atoms with Crippen LogP contribution in [0.1, 0.15) is 26.2 Å². The summed E-state index contributed by atoms with van der Waals surface area (Å²) in [6.07, 6.45) is 3.25. The first-order valence-corrected chi connectivity index (χ1v) is 5.96. The van der Waals surface area contributed by atoms with Crippen LogP contribution in [0.15, 0.2) is 24.3 Å². The van der Waals surface area contributed by atoms with Crippen LogP contribution in [0, 0.1) is 11.7 Å². The Hall–Kier alpha value is -1.58. The second kappa shape index (κ2) is 5.17. The van der Waals surface area contributed by atoms with Gasteiger partial charge in [0.2, 0.25) is 0 Å². The zero-order valence-electron chi connectivity index (χ0n) is 9.87. The molecule has 0 saturated heterocycles. The van der Waals surface area contributed by atoms with E-state index in [-0.39, 0.29) is 17.9 Å². The molecule has 0 aromatic heterocycles. The van der Waals surface area contributed by atoms with Crippen LogP contribution in [0.5, 0.6) is 0 Å². The molecular weight excluding hydrogens is 219 g/mol. The number of rotatable bonds is 2. The van der Waals surface area contributed by atoms with Gasteiger partial charge in [0.05, 0.1) is 0 Å². The molecule has 2 rings (SSSR count). The van der Waals surface area contributed by atoms with E-state index in [1.54, 1.807) is 12.1 Å². The van der Waals surface area contributed by atoms with Crippen molar-refractivity contribution in [3.05, 3.63) is 30.1 Å². The molecule has 0 spiro atoms. The summed E-state index contributed by atoms with van der Waals surface area (Å²) >= 11 is 0.